The van der Waals surface area contributed by atoms with Gasteiger partial charge in [-0.25, -0.2) is 4.98 Å². The Morgan fingerprint density at radius 1 is 0.500 bits per heavy atom. The molecule has 2 heterocycles. The van der Waals surface area contributed by atoms with Gasteiger partial charge in [0.15, 0.2) is 0 Å². The first-order chi connectivity index (χ1) is 26.5. The third-order valence-corrected chi connectivity index (χ3v) is 11.2. The predicted molar refractivity (Wildman–Crippen MR) is 223 cm³/mol. The number of nitriles is 1. The van der Waals surface area contributed by atoms with Crippen molar-refractivity contribution in [2.24, 2.45) is 0 Å². The molecule has 54 heavy (non-hydrogen) atoms. The van der Waals surface area contributed by atoms with Gasteiger partial charge in [0, 0.05) is 38.6 Å². The van der Waals surface area contributed by atoms with Crippen LogP contribution in [0.2, 0.25) is 0 Å². The molecule has 0 bridgehead atoms. The largest absolute Gasteiger partial charge is 0.309 e. The third kappa shape index (κ3) is 4.99. The Bertz CT molecular complexity index is 2890. The predicted octanol–water partition coefficient (Wildman–Crippen LogP) is 13.0. The minimum absolute atomic E-state index is 0.129. The third-order valence-electron chi connectivity index (χ3n) is 11.2. The molecule has 0 radical (unpaired) electrons. The van der Waals surface area contributed by atoms with E-state index < -0.39 is 0 Å². The summed E-state index contributed by atoms with van der Waals surface area (Å²) < 4.78 is 2.48. The Kier molecular flexibility index (Phi) is 7.22. The summed E-state index contributed by atoms with van der Waals surface area (Å²) in [6.45, 7) is 4.69. The van der Waals surface area contributed by atoms with Gasteiger partial charge in [-0.15, -0.1) is 0 Å². The summed E-state index contributed by atoms with van der Waals surface area (Å²) in [6, 6.07) is 64.7. The van der Waals surface area contributed by atoms with Crippen molar-refractivity contribution >= 4 is 21.8 Å². The lowest BCUT2D eigenvalue weighted by Crippen LogP contribution is -2.14. The second kappa shape index (κ2) is 12.3. The molecule has 7 aromatic carbocycles. The molecule has 10 rings (SSSR count). The van der Waals surface area contributed by atoms with Crippen LogP contribution in [0.5, 0.6) is 0 Å². The molecule has 0 amide bonds. The van der Waals surface area contributed by atoms with Gasteiger partial charge >= 0.3 is 0 Å². The first kappa shape index (κ1) is 31.7. The molecule has 0 unspecified atom stereocenters. The second-order valence-electron chi connectivity index (χ2n) is 14.7. The van der Waals surface area contributed by atoms with Crippen LogP contribution in [-0.2, 0) is 5.41 Å². The lowest BCUT2D eigenvalue weighted by molar-refractivity contribution is 0.661. The fourth-order valence-corrected chi connectivity index (χ4v) is 8.53. The van der Waals surface area contributed by atoms with Gasteiger partial charge in [-0.1, -0.05) is 141 Å². The van der Waals surface area contributed by atoms with Crippen LogP contribution in [0.1, 0.15) is 30.5 Å². The highest BCUT2D eigenvalue weighted by Crippen LogP contribution is 2.53. The molecular weight excluding hydrogens is 655 g/mol. The van der Waals surface area contributed by atoms with Crippen molar-refractivity contribution in [1.82, 2.24) is 9.55 Å². The Hall–Kier alpha value is -7.02. The molecule has 0 saturated heterocycles. The lowest BCUT2D eigenvalue weighted by atomic mass is 9.82. The van der Waals surface area contributed by atoms with Crippen molar-refractivity contribution in [2.45, 2.75) is 19.3 Å². The monoisotopic (exact) mass is 689 g/mol. The van der Waals surface area contributed by atoms with Gasteiger partial charge in [0.1, 0.15) is 0 Å². The first-order valence-corrected chi connectivity index (χ1v) is 18.4. The van der Waals surface area contributed by atoms with E-state index in [2.05, 4.69) is 176 Å². The summed E-state index contributed by atoms with van der Waals surface area (Å²) >= 11 is 0. The van der Waals surface area contributed by atoms with Crippen LogP contribution in [-0.4, -0.2) is 9.55 Å². The van der Waals surface area contributed by atoms with E-state index in [0.29, 0.717) is 5.56 Å². The summed E-state index contributed by atoms with van der Waals surface area (Å²) in [6.07, 6.45) is 0. The highest BCUT2D eigenvalue weighted by atomic mass is 15.0. The SMILES string of the molecule is CC1(C)c2ccccc2-c2c1ccc1c3ccccc3n(-c3cc(-c4ccc(C#N)cc4)cc(-c4cc(-c5ccccc5)nc(-c5ccccc5)c4)c3)c21. The molecule has 0 spiro atoms. The van der Waals surface area contributed by atoms with Gasteiger partial charge in [0.2, 0.25) is 0 Å². The van der Waals surface area contributed by atoms with Crippen LogP contribution in [0, 0.1) is 11.3 Å². The Labute approximate surface area is 315 Å². The summed E-state index contributed by atoms with van der Waals surface area (Å²) in [5.74, 6) is 0. The van der Waals surface area contributed by atoms with Gasteiger partial charge < -0.3 is 4.57 Å². The lowest BCUT2D eigenvalue weighted by Gasteiger charge is -2.21. The average Bonchev–Trinajstić information content (AvgIpc) is 3.70. The molecule has 9 aromatic rings. The van der Waals surface area contributed by atoms with Gasteiger partial charge in [0.05, 0.1) is 34.1 Å². The number of aromatic nitrogens is 2. The summed E-state index contributed by atoms with van der Waals surface area (Å²) in [5.41, 5.74) is 17.5. The van der Waals surface area contributed by atoms with Gasteiger partial charge in [-0.2, -0.15) is 5.26 Å². The van der Waals surface area contributed by atoms with Gasteiger partial charge in [-0.05, 0) is 87.5 Å². The topological polar surface area (TPSA) is 41.6 Å². The van der Waals surface area contributed by atoms with E-state index in [4.69, 9.17) is 4.98 Å². The Morgan fingerprint density at radius 2 is 1.09 bits per heavy atom. The Morgan fingerprint density at radius 3 is 1.78 bits per heavy atom. The molecule has 0 saturated carbocycles. The number of pyridine rings is 1. The van der Waals surface area contributed by atoms with Crippen molar-refractivity contribution in [1.29, 1.82) is 5.26 Å². The highest BCUT2D eigenvalue weighted by Gasteiger charge is 2.37. The molecule has 3 heteroatoms. The maximum absolute atomic E-state index is 9.63. The zero-order chi connectivity index (χ0) is 36.4. The summed E-state index contributed by atoms with van der Waals surface area (Å²) in [4.78, 5) is 5.19. The van der Waals surface area contributed by atoms with Crippen LogP contribution >= 0.6 is 0 Å². The number of hydrogen-bond acceptors (Lipinski definition) is 2. The number of rotatable bonds is 5. The van der Waals surface area contributed by atoms with Gasteiger partial charge in [-0.3, -0.25) is 0 Å². The number of hydrogen-bond donors (Lipinski definition) is 0. The summed E-state index contributed by atoms with van der Waals surface area (Å²) in [5, 5.41) is 12.1. The number of fused-ring (bicyclic) bond motifs is 7. The normalized spacial score (nSPS) is 12.8. The van der Waals surface area contributed by atoms with Crippen LogP contribution in [0.25, 0.3) is 83.4 Å². The zero-order valence-corrected chi connectivity index (χ0v) is 30.1. The van der Waals surface area contributed by atoms with Crippen molar-refractivity contribution < 1.29 is 0 Å². The van der Waals surface area contributed by atoms with Crippen molar-refractivity contribution in [2.75, 3.05) is 0 Å². The fourth-order valence-electron chi connectivity index (χ4n) is 8.53. The smallest absolute Gasteiger partial charge is 0.0991 e. The molecule has 0 fully saturated rings. The summed E-state index contributed by atoms with van der Waals surface area (Å²) in [7, 11) is 0. The zero-order valence-electron chi connectivity index (χ0n) is 30.1. The highest BCUT2D eigenvalue weighted by molar-refractivity contribution is 6.15. The van der Waals surface area contributed by atoms with Crippen molar-refractivity contribution in [3.63, 3.8) is 0 Å². The molecule has 0 aliphatic heterocycles. The first-order valence-electron chi connectivity index (χ1n) is 18.4. The van der Waals surface area contributed by atoms with E-state index in [1.54, 1.807) is 0 Å². The molecule has 1 aliphatic rings. The van der Waals surface area contributed by atoms with Crippen LogP contribution in [0.3, 0.4) is 0 Å². The van der Waals surface area contributed by atoms with Crippen LogP contribution < -0.4 is 0 Å². The minimum atomic E-state index is -0.129. The number of para-hydroxylation sites is 1. The molecule has 2 aromatic heterocycles. The quantitative estimate of drug-likeness (QED) is 0.180. The van der Waals surface area contributed by atoms with E-state index in [9.17, 15) is 5.26 Å². The van der Waals surface area contributed by atoms with E-state index in [-0.39, 0.29) is 5.41 Å². The molecular formula is C51H35N3. The number of benzene rings is 7. The second-order valence-corrected chi connectivity index (χ2v) is 14.7. The minimum Gasteiger partial charge on any atom is -0.309 e. The van der Waals surface area contributed by atoms with E-state index in [1.807, 2.05) is 24.3 Å². The van der Waals surface area contributed by atoms with E-state index in [1.165, 1.54) is 38.5 Å². The molecule has 254 valence electrons. The molecule has 0 atom stereocenters. The van der Waals surface area contributed by atoms with Gasteiger partial charge in [0.25, 0.3) is 0 Å². The maximum atomic E-state index is 9.63. The van der Waals surface area contributed by atoms with Crippen LogP contribution in [0.15, 0.2) is 176 Å². The van der Waals surface area contributed by atoms with Crippen LogP contribution in [0.4, 0.5) is 0 Å². The average molecular weight is 690 g/mol. The molecule has 0 N–H and O–H groups in total. The van der Waals surface area contributed by atoms with Crippen molar-refractivity contribution in [3.8, 4) is 67.7 Å². The molecule has 1 aliphatic carbocycles. The van der Waals surface area contributed by atoms with E-state index >= 15 is 0 Å². The fraction of sp³-hybridized carbons (Fsp3) is 0.0588. The molecule has 3 nitrogen and oxygen atoms in total. The Balaban J connectivity index is 1.30. The van der Waals surface area contributed by atoms with E-state index in [0.717, 1.165) is 56.0 Å². The standard InChI is InChI=1S/C51H35N3/c1-51(2)44-19-11-9-18-43(44)49-45(51)26-25-42-41-17-10-12-20-48(41)54(50(42)49)40-28-37(34-23-21-33(32-52)22-24-34)27-38(29-40)39-30-46(35-13-5-3-6-14-35)53-47(31-39)36-15-7-4-8-16-36/h3-31H,1-2H3. The number of nitrogens with zero attached hydrogens (tertiary/aromatic N) is 3. The maximum Gasteiger partial charge on any atom is 0.0991 e. The van der Waals surface area contributed by atoms with Crippen molar-refractivity contribution in [3.05, 3.63) is 193 Å².